The van der Waals surface area contributed by atoms with Crippen LogP contribution in [-0.2, 0) is 48.0 Å². The zero-order valence-corrected chi connectivity index (χ0v) is 33.5. The number of pyridine rings is 1. The van der Waals surface area contributed by atoms with Gasteiger partial charge in [0.25, 0.3) is 5.91 Å². The molecular weight excluding hydrogens is 725 g/mol. The maximum Gasteiger partial charge on any atom is 0.324 e. The molecule has 0 unspecified atom stereocenters. The van der Waals surface area contributed by atoms with Crippen LogP contribution < -0.4 is 10.7 Å². The van der Waals surface area contributed by atoms with Crippen molar-refractivity contribution in [2.24, 2.45) is 5.92 Å². The number of phenols is 1. The van der Waals surface area contributed by atoms with Crippen molar-refractivity contribution in [2.45, 2.75) is 103 Å². The zero-order valence-electron chi connectivity index (χ0n) is 33.5. The Morgan fingerprint density at radius 1 is 1.07 bits per heavy atom. The molecule has 3 amide bonds. The Labute approximate surface area is 333 Å². The van der Waals surface area contributed by atoms with E-state index in [1.165, 1.54) is 11.9 Å². The highest BCUT2D eigenvalue weighted by molar-refractivity contribution is 5.96. The second-order valence-electron chi connectivity index (χ2n) is 15.6. The molecular formula is C44H54N6O7. The number of likely N-dealkylation sites (tertiary alicyclic amines) is 1. The first kappa shape index (κ1) is 39.9. The summed E-state index contributed by atoms with van der Waals surface area (Å²) in [5.41, 5.74) is 10.3. The molecule has 57 heavy (non-hydrogen) atoms. The van der Waals surface area contributed by atoms with Crippen molar-refractivity contribution in [3.63, 3.8) is 0 Å². The van der Waals surface area contributed by atoms with Gasteiger partial charge in [-0.3, -0.25) is 29.2 Å². The quantitative estimate of drug-likeness (QED) is 0.217. The van der Waals surface area contributed by atoms with Crippen molar-refractivity contribution in [2.75, 3.05) is 26.8 Å². The van der Waals surface area contributed by atoms with Crippen LogP contribution >= 0.6 is 0 Å². The van der Waals surface area contributed by atoms with E-state index in [4.69, 9.17) is 14.5 Å². The minimum Gasteiger partial charge on any atom is -0.508 e. The molecule has 2 aromatic carbocycles. The topological polar surface area (TPSA) is 155 Å². The van der Waals surface area contributed by atoms with E-state index >= 15 is 0 Å². The van der Waals surface area contributed by atoms with Crippen LogP contribution in [0.2, 0.25) is 0 Å². The summed E-state index contributed by atoms with van der Waals surface area (Å²) in [7, 11) is 1.67. The van der Waals surface area contributed by atoms with Gasteiger partial charge in [0.05, 0.1) is 24.1 Å². The monoisotopic (exact) mass is 778 g/mol. The number of esters is 1. The van der Waals surface area contributed by atoms with Crippen LogP contribution in [0.15, 0.2) is 54.7 Å². The van der Waals surface area contributed by atoms with Gasteiger partial charge in [-0.05, 0) is 117 Å². The number of ether oxygens (including phenoxy) is 2. The summed E-state index contributed by atoms with van der Waals surface area (Å²) in [6, 6.07) is 13.0. The van der Waals surface area contributed by atoms with E-state index in [2.05, 4.69) is 40.4 Å². The molecule has 13 nitrogen and oxygen atoms in total. The van der Waals surface area contributed by atoms with Crippen LogP contribution in [0, 0.1) is 5.92 Å². The fourth-order valence-corrected chi connectivity index (χ4v) is 8.96. The van der Waals surface area contributed by atoms with Crippen LogP contribution in [0.5, 0.6) is 5.75 Å². The molecule has 4 aromatic rings. The summed E-state index contributed by atoms with van der Waals surface area (Å²) < 4.78 is 13.9. The lowest BCUT2D eigenvalue weighted by atomic mass is 9.89. The SMILES string of the molecule is CCn1c(-c2cccnc2[C@H](C)OC)c2c3cc(ccc31)-c1cc(O)cc(c1)C[C@H](NC(=O)[C@@H]1[C@@H](C)CCCN1C(C)=O)C(=O)N1CCC[C@H](N1)C(=O)OCCC2. The van der Waals surface area contributed by atoms with Gasteiger partial charge >= 0.3 is 5.97 Å². The molecule has 0 spiro atoms. The smallest absolute Gasteiger partial charge is 0.324 e. The van der Waals surface area contributed by atoms with Gasteiger partial charge in [-0.1, -0.05) is 19.1 Å². The Balaban J connectivity index is 1.34. The second-order valence-corrected chi connectivity index (χ2v) is 15.6. The molecule has 3 aliphatic heterocycles. The molecule has 0 saturated carbocycles. The molecule has 3 aliphatic rings. The number of hydrazine groups is 1. The van der Waals surface area contributed by atoms with Crippen LogP contribution in [0.25, 0.3) is 33.3 Å². The Hall–Kier alpha value is -5.27. The number of carbonyl (C=O) groups excluding carboxylic acids is 4. The van der Waals surface area contributed by atoms with E-state index in [0.717, 1.165) is 57.4 Å². The molecule has 6 bridgehead atoms. The summed E-state index contributed by atoms with van der Waals surface area (Å²) >= 11 is 0. The summed E-state index contributed by atoms with van der Waals surface area (Å²) in [6.07, 6.45) is 5.37. The summed E-state index contributed by atoms with van der Waals surface area (Å²) in [6.45, 7) is 9.18. The molecule has 5 heterocycles. The highest BCUT2D eigenvalue weighted by Gasteiger charge is 2.39. The predicted octanol–water partition coefficient (Wildman–Crippen LogP) is 5.46. The number of fused-ring (bicyclic) bond motifs is 6. The molecule has 13 heteroatoms. The van der Waals surface area contributed by atoms with Crippen molar-refractivity contribution in [3.05, 3.63) is 71.5 Å². The molecule has 302 valence electrons. The normalized spacial score (nSPS) is 22.5. The van der Waals surface area contributed by atoms with Gasteiger partial charge in [0.15, 0.2) is 0 Å². The van der Waals surface area contributed by atoms with Gasteiger partial charge < -0.3 is 29.4 Å². The van der Waals surface area contributed by atoms with E-state index in [1.54, 1.807) is 30.3 Å². The maximum atomic E-state index is 14.4. The maximum absolute atomic E-state index is 14.4. The highest BCUT2D eigenvalue weighted by Crippen LogP contribution is 2.40. The Kier molecular flexibility index (Phi) is 12.0. The molecule has 3 N–H and O–H groups in total. The van der Waals surface area contributed by atoms with Crippen LogP contribution in [0.3, 0.4) is 0 Å². The van der Waals surface area contributed by atoms with E-state index in [9.17, 15) is 24.3 Å². The lowest BCUT2D eigenvalue weighted by Gasteiger charge is -2.40. The number of nitrogens with one attached hydrogen (secondary N) is 2. The van der Waals surface area contributed by atoms with Crippen LogP contribution in [0.1, 0.15) is 82.7 Å². The number of rotatable bonds is 6. The molecule has 2 saturated heterocycles. The largest absolute Gasteiger partial charge is 0.508 e. The molecule has 5 atom stereocenters. The first-order valence-electron chi connectivity index (χ1n) is 20.3. The van der Waals surface area contributed by atoms with E-state index in [0.29, 0.717) is 50.9 Å². The summed E-state index contributed by atoms with van der Waals surface area (Å²) in [5, 5.41) is 16.6. The minimum atomic E-state index is -1.06. The lowest BCUT2D eigenvalue weighted by Crippen LogP contribution is -2.62. The van der Waals surface area contributed by atoms with E-state index in [-0.39, 0.29) is 36.7 Å². The predicted molar refractivity (Wildman–Crippen MR) is 216 cm³/mol. The Bertz CT molecular complexity index is 2170. The average molecular weight is 779 g/mol. The summed E-state index contributed by atoms with van der Waals surface area (Å²) in [5.74, 6) is -1.53. The molecule has 2 aromatic heterocycles. The third kappa shape index (κ3) is 8.13. The summed E-state index contributed by atoms with van der Waals surface area (Å²) in [4.78, 5) is 61.0. The highest BCUT2D eigenvalue weighted by atomic mass is 16.5. The van der Waals surface area contributed by atoms with Gasteiger partial charge in [-0.15, -0.1) is 0 Å². The fourth-order valence-electron chi connectivity index (χ4n) is 8.96. The number of methoxy groups -OCH3 is 1. The number of phenolic OH excluding ortho intramolecular Hbond substituents is 1. The second kappa shape index (κ2) is 17.1. The number of aromatic hydroxyl groups is 1. The van der Waals surface area contributed by atoms with Gasteiger partial charge in [-0.25, -0.2) is 5.43 Å². The number of benzene rings is 2. The Morgan fingerprint density at radius 3 is 2.65 bits per heavy atom. The van der Waals surface area contributed by atoms with Crippen LogP contribution in [0.4, 0.5) is 0 Å². The molecule has 0 radical (unpaired) electrons. The number of hydrogen-bond acceptors (Lipinski definition) is 9. The first-order chi connectivity index (χ1) is 27.5. The van der Waals surface area contributed by atoms with Crippen molar-refractivity contribution >= 4 is 34.6 Å². The third-order valence-electron chi connectivity index (χ3n) is 11.8. The number of aryl methyl sites for hydroxylation is 2. The van der Waals surface area contributed by atoms with Crippen molar-refractivity contribution in [3.8, 4) is 28.1 Å². The van der Waals surface area contributed by atoms with Crippen molar-refractivity contribution < 1.29 is 33.8 Å². The van der Waals surface area contributed by atoms with E-state index in [1.807, 2.05) is 32.0 Å². The third-order valence-corrected chi connectivity index (χ3v) is 11.8. The van der Waals surface area contributed by atoms with Crippen LogP contribution in [-0.4, -0.2) is 93.2 Å². The number of piperidine rings is 1. The van der Waals surface area contributed by atoms with Crippen molar-refractivity contribution in [1.82, 2.24) is 30.2 Å². The standard InChI is InChI=1S/C44H54N6O7/c1-6-48-38-16-15-30-25-35(38)33(41(48)34-12-7-17-45-39(34)27(3)56-5)13-10-20-57-44(55)36-14-9-19-50(47-36)43(54)37(23-29-21-31(30)24-32(52)22-29)46-42(53)40-26(2)11-8-18-49(40)28(4)51/h7,12,15-17,21-22,24-27,36-37,40,47,52H,6,8-11,13-14,18-20,23H2,1-5H3,(H,46,53)/t26-,27-,36-,37-,40-/m0/s1. The lowest BCUT2D eigenvalue weighted by molar-refractivity contribution is -0.153. The number of cyclic esters (lactones) is 1. The average Bonchev–Trinajstić information content (AvgIpc) is 3.53. The number of hydrogen-bond donors (Lipinski definition) is 3. The number of carbonyl (C=O) groups is 4. The minimum absolute atomic E-state index is 0.0256. The van der Waals surface area contributed by atoms with E-state index < -0.39 is 35.9 Å². The van der Waals surface area contributed by atoms with Crippen molar-refractivity contribution in [1.29, 1.82) is 0 Å². The molecule has 0 aliphatic carbocycles. The molecule has 2 fully saturated rings. The Morgan fingerprint density at radius 2 is 1.88 bits per heavy atom. The fraction of sp³-hybridized carbons (Fsp3) is 0.477. The van der Waals surface area contributed by atoms with Gasteiger partial charge in [-0.2, -0.15) is 0 Å². The zero-order chi connectivity index (χ0) is 40.4. The number of nitrogens with zero attached hydrogens (tertiary/aromatic N) is 4. The number of amides is 3. The molecule has 7 rings (SSSR count). The van der Waals surface area contributed by atoms with Gasteiger partial charge in [0.1, 0.15) is 23.9 Å². The van der Waals surface area contributed by atoms with Gasteiger partial charge in [0.2, 0.25) is 11.8 Å². The van der Waals surface area contributed by atoms with Gasteiger partial charge in [0, 0.05) is 62.8 Å². The first-order valence-corrected chi connectivity index (χ1v) is 20.3. The number of aromatic nitrogens is 2.